The predicted molar refractivity (Wildman–Crippen MR) is 104 cm³/mol. The summed E-state index contributed by atoms with van der Waals surface area (Å²) >= 11 is 4.52. The van der Waals surface area contributed by atoms with Crippen LogP contribution in [0.2, 0.25) is 0 Å². The van der Waals surface area contributed by atoms with Crippen LogP contribution >= 0.6 is 27.7 Å². The molecule has 1 fully saturated rings. The van der Waals surface area contributed by atoms with E-state index in [1.807, 2.05) is 0 Å². The maximum Gasteiger partial charge on any atom is 0.339 e. The fourth-order valence-electron chi connectivity index (χ4n) is 1.95. The van der Waals surface area contributed by atoms with Crippen LogP contribution in [-0.2, 0) is 14.9 Å². The largest absolute Gasteiger partial charge is 0.379 e. The predicted octanol–water partition coefficient (Wildman–Crippen LogP) is 2.77. The van der Waals surface area contributed by atoms with Crippen molar-refractivity contribution in [2.45, 2.75) is 4.90 Å². The Bertz CT molecular complexity index is 989. The number of nitrogens with one attached hydrogen (secondary N) is 1. The third kappa shape index (κ3) is 4.93. The van der Waals surface area contributed by atoms with Gasteiger partial charge < -0.3 is 9.50 Å². The van der Waals surface area contributed by atoms with Crippen LogP contribution in [0, 0.1) is 0 Å². The molecule has 26 heavy (non-hydrogen) atoms. The summed E-state index contributed by atoms with van der Waals surface area (Å²) in [4.78, 5) is 11.1. The third-order valence-electron chi connectivity index (χ3n) is 3.11. The summed E-state index contributed by atoms with van der Waals surface area (Å²) in [6.45, 7) is 0. The minimum absolute atomic E-state index is 0.0557. The van der Waals surface area contributed by atoms with Gasteiger partial charge in [-0.25, -0.2) is 0 Å². The summed E-state index contributed by atoms with van der Waals surface area (Å²) in [6, 6.07) is 12.6. The first kappa shape index (κ1) is 18.6. The van der Waals surface area contributed by atoms with Crippen molar-refractivity contribution in [1.82, 2.24) is 5.32 Å². The van der Waals surface area contributed by atoms with Crippen molar-refractivity contribution in [2.24, 2.45) is 10.2 Å². The molecule has 2 aromatic carbocycles. The lowest BCUT2D eigenvalue weighted by Crippen LogP contribution is -2.19. The van der Waals surface area contributed by atoms with E-state index in [0.717, 1.165) is 4.47 Å². The lowest BCUT2D eigenvalue weighted by Gasteiger charge is -2.07. The van der Waals surface area contributed by atoms with Gasteiger partial charge in [0.25, 0.3) is 0 Å². The highest BCUT2D eigenvalue weighted by molar-refractivity contribution is 9.10. The number of hydrogen-bond acceptors (Lipinski definition) is 7. The molecule has 7 nitrogen and oxygen atoms in total. The highest BCUT2D eigenvalue weighted by Gasteiger charge is 2.17. The number of carbonyl (C=O) groups excluding carboxylic acids is 1. The minimum atomic E-state index is -3.93. The van der Waals surface area contributed by atoms with E-state index in [2.05, 4.69) is 31.4 Å². The van der Waals surface area contributed by atoms with Crippen LogP contribution < -0.4 is 9.50 Å². The summed E-state index contributed by atoms with van der Waals surface area (Å²) in [5.74, 6) is 0.372. The van der Waals surface area contributed by atoms with E-state index in [9.17, 15) is 13.2 Å². The molecule has 2 aromatic rings. The molecule has 1 aliphatic heterocycles. The van der Waals surface area contributed by atoms with Gasteiger partial charge in [0.05, 0.1) is 12.0 Å². The standard InChI is InChI=1S/C16H12BrN3O4S2/c17-12-4-6-14(7-5-12)26(22,23)24-13-3-1-2-11(8-13)9-18-20-16-19-15(21)10-25-16/h1-9H,10H2,(H,19,20,21)/b18-9+. The first-order valence-electron chi connectivity index (χ1n) is 7.26. The van der Waals surface area contributed by atoms with Crippen LogP contribution in [0.15, 0.2) is 68.1 Å². The van der Waals surface area contributed by atoms with Crippen LogP contribution in [0.3, 0.4) is 0 Å². The maximum atomic E-state index is 12.3. The van der Waals surface area contributed by atoms with E-state index < -0.39 is 10.1 Å². The summed E-state index contributed by atoms with van der Waals surface area (Å²) in [5.41, 5.74) is 0.604. The number of rotatable bonds is 5. The summed E-state index contributed by atoms with van der Waals surface area (Å²) in [7, 11) is -3.93. The van der Waals surface area contributed by atoms with Gasteiger partial charge in [-0.05, 0) is 42.0 Å². The topological polar surface area (TPSA) is 97.2 Å². The first-order valence-corrected chi connectivity index (χ1v) is 10.4. The van der Waals surface area contributed by atoms with Crippen molar-refractivity contribution in [3.63, 3.8) is 0 Å². The number of amidine groups is 1. The molecule has 0 radical (unpaired) electrons. The number of amides is 1. The Hall–Kier alpha value is -2.17. The van der Waals surface area contributed by atoms with E-state index >= 15 is 0 Å². The average Bonchev–Trinajstić information content (AvgIpc) is 3.00. The monoisotopic (exact) mass is 453 g/mol. The van der Waals surface area contributed by atoms with Crippen LogP contribution in [0.4, 0.5) is 0 Å². The summed E-state index contributed by atoms with van der Waals surface area (Å²) in [5, 5.41) is 10.7. The van der Waals surface area contributed by atoms with Gasteiger partial charge in [0.15, 0.2) is 5.17 Å². The third-order valence-corrected chi connectivity index (χ3v) is 5.76. The van der Waals surface area contributed by atoms with Gasteiger partial charge in [-0.1, -0.05) is 39.8 Å². The number of carbonyl (C=O) groups is 1. The number of benzene rings is 2. The normalized spacial score (nSPS) is 16.2. The molecule has 10 heteroatoms. The van der Waals surface area contributed by atoms with Crippen molar-refractivity contribution in [1.29, 1.82) is 0 Å². The maximum absolute atomic E-state index is 12.3. The lowest BCUT2D eigenvalue weighted by molar-refractivity contribution is -0.116. The molecule has 3 rings (SSSR count). The van der Waals surface area contributed by atoms with Crippen LogP contribution in [0.25, 0.3) is 0 Å². The van der Waals surface area contributed by atoms with Crippen LogP contribution in [0.5, 0.6) is 5.75 Å². The first-order chi connectivity index (χ1) is 12.4. The second-order valence-electron chi connectivity index (χ2n) is 5.05. The molecule has 1 amide bonds. The average molecular weight is 454 g/mol. The van der Waals surface area contributed by atoms with Crippen molar-refractivity contribution in [2.75, 3.05) is 5.75 Å². The minimum Gasteiger partial charge on any atom is -0.379 e. The molecule has 0 aromatic heterocycles. The zero-order valence-electron chi connectivity index (χ0n) is 13.1. The Morgan fingerprint density at radius 3 is 2.65 bits per heavy atom. The molecule has 0 bridgehead atoms. The zero-order chi connectivity index (χ0) is 18.6. The molecule has 0 atom stereocenters. The fourth-order valence-corrected chi connectivity index (χ4v) is 3.77. The van der Waals surface area contributed by atoms with Gasteiger partial charge in [-0.15, -0.1) is 5.10 Å². The van der Waals surface area contributed by atoms with Crippen LogP contribution in [-0.4, -0.2) is 31.5 Å². The smallest absolute Gasteiger partial charge is 0.339 e. The van der Waals surface area contributed by atoms with E-state index in [1.165, 1.54) is 42.2 Å². The SMILES string of the molecule is O=C1CS/C(=N\N=C\c2cccc(OS(=O)(=O)c3ccc(Br)cc3)c2)N1. The molecule has 0 saturated carbocycles. The van der Waals surface area contributed by atoms with Gasteiger partial charge in [0.1, 0.15) is 10.6 Å². The van der Waals surface area contributed by atoms with E-state index in [-0.39, 0.29) is 16.6 Å². The van der Waals surface area contributed by atoms with E-state index in [0.29, 0.717) is 16.5 Å². The Balaban J connectivity index is 1.73. The zero-order valence-corrected chi connectivity index (χ0v) is 16.3. The highest BCUT2D eigenvalue weighted by atomic mass is 79.9. The number of hydrogen-bond donors (Lipinski definition) is 1. The van der Waals surface area contributed by atoms with Crippen molar-refractivity contribution < 1.29 is 17.4 Å². The molecule has 1 aliphatic rings. The second-order valence-corrected chi connectivity index (χ2v) is 8.48. The van der Waals surface area contributed by atoms with Gasteiger partial charge >= 0.3 is 10.1 Å². The van der Waals surface area contributed by atoms with Gasteiger partial charge in [-0.3, -0.25) is 4.79 Å². The van der Waals surface area contributed by atoms with E-state index in [1.54, 1.807) is 24.3 Å². The highest BCUT2D eigenvalue weighted by Crippen LogP contribution is 2.21. The van der Waals surface area contributed by atoms with Crippen molar-refractivity contribution >= 4 is 55.1 Å². The molecule has 1 N–H and O–H groups in total. The molecule has 0 aliphatic carbocycles. The molecule has 1 heterocycles. The Kier molecular flexibility index (Phi) is 5.74. The molecular weight excluding hydrogens is 442 g/mol. The molecule has 0 unspecified atom stereocenters. The van der Waals surface area contributed by atoms with E-state index in [4.69, 9.17) is 4.18 Å². The number of halogens is 1. The van der Waals surface area contributed by atoms with Crippen LogP contribution in [0.1, 0.15) is 5.56 Å². The fraction of sp³-hybridized carbons (Fsp3) is 0.0625. The van der Waals surface area contributed by atoms with Crippen molar-refractivity contribution in [3.8, 4) is 5.75 Å². The Morgan fingerprint density at radius 2 is 1.96 bits per heavy atom. The Morgan fingerprint density at radius 1 is 1.19 bits per heavy atom. The quantitative estimate of drug-likeness (QED) is 0.426. The van der Waals surface area contributed by atoms with Gasteiger partial charge in [0, 0.05) is 4.47 Å². The van der Waals surface area contributed by atoms with Gasteiger partial charge in [-0.2, -0.15) is 13.5 Å². The Labute approximate surface area is 162 Å². The number of thioether (sulfide) groups is 1. The number of nitrogens with zero attached hydrogens (tertiary/aromatic N) is 2. The summed E-state index contributed by atoms with van der Waals surface area (Å²) in [6.07, 6.45) is 1.44. The second kappa shape index (κ2) is 8.02. The van der Waals surface area contributed by atoms with Crippen molar-refractivity contribution in [3.05, 3.63) is 58.6 Å². The molecule has 1 saturated heterocycles. The molecule has 0 spiro atoms. The summed E-state index contributed by atoms with van der Waals surface area (Å²) < 4.78 is 30.5. The molecular formula is C16H12BrN3O4S2. The van der Waals surface area contributed by atoms with Gasteiger partial charge in [0.2, 0.25) is 5.91 Å². The lowest BCUT2D eigenvalue weighted by atomic mass is 10.2. The molecule has 134 valence electrons.